The Morgan fingerprint density at radius 2 is 1.83 bits per heavy atom. The minimum Gasteiger partial charge on any atom is -0.454 e. The molecule has 0 radical (unpaired) electrons. The van der Waals surface area contributed by atoms with Gasteiger partial charge in [-0.15, -0.1) is 0 Å². The zero-order chi connectivity index (χ0) is 20.3. The molecular weight excluding hydrogens is 380 g/mol. The first kappa shape index (κ1) is 18.7. The number of nitrogens with one attached hydrogen (secondary N) is 1. The van der Waals surface area contributed by atoms with Crippen LogP contribution in [0.5, 0.6) is 11.5 Å². The number of ether oxygens (including phenoxy) is 2. The van der Waals surface area contributed by atoms with Crippen LogP contribution in [0.2, 0.25) is 0 Å². The highest BCUT2D eigenvalue weighted by atomic mass is 16.7. The number of amides is 1. The minimum atomic E-state index is -0.202. The van der Waals surface area contributed by atoms with Crippen molar-refractivity contribution in [2.75, 3.05) is 6.79 Å². The second kappa shape index (κ2) is 8.22. The first-order chi connectivity index (χ1) is 14.8. The molecule has 1 N–H and O–H groups in total. The van der Waals surface area contributed by atoms with Crippen LogP contribution in [-0.4, -0.2) is 23.9 Å². The SMILES string of the molecule is O=C(N[C@@H]1CCCC[C@H]1c1ccccc1)c1cc(Cc2ccc3c(c2)OCO3)no1. The van der Waals surface area contributed by atoms with Crippen molar-refractivity contribution >= 4 is 5.91 Å². The van der Waals surface area contributed by atoms with Gasteiger partial charge < -0.3 is 19.3 Å². The summed E-state index contributed by atoms with van der Waals surface area (Å²) in [4.78, 5) is 12.8. The third-order valence-electron chi connectivity index (χ3n) is 5.92. The highest BCUT2D eigenvalue weighted by Crippen LogP contribution is 2.34. The van der Waals surface area contributed by atoms with Gasteiger partial charge in [0.15, 0.2) is 11.5 Å². The third kappa shape index (κ3) is 3.90. The van der Waals surface area contributed by atoms with E-state index >= 15 is 0 Å². The molecule has 2 heterocycles. The van der Waals surface area contributed by atoms with Crippen LogP contribution in [0.15, 0.2) is 59.1 Å². The maximum absolute atomic E-state index is 12.8. The first-order valence-corrected chi connectivity index (χ1v) is 10.5. The largest absolute Gasteiger partial charge is 0.454 e. The Morgan fingerprint density at radius 1 is 1.00 bits per heavy atom. The third-order valence-corrected chi connectivity index (χ3v) is 5.92. The van der Waals surface area contributed by atoms with Crippen LogP contribution >= 0.6 is 0 Å². The Balaban J connectivity index is 1.26. The van der Waals surface area contributed by atoms with Crippen LogP contribution < -0.4 is 14.8 Å². The molecule has 2 aliphatic rings. The molecule has 6 nitrogen and oxygen atoms in total. The Hall–Kier alpha value is -3.28. The Labute approximate surface area is 175 Å². The molecule has 1 fully saturated rings. The van der Waals surface area contributed by atoms with Gasteiger partial charge in [-0.3, -0.25) is 4.79 Å². The Bertz CT molecular complexity index is 1030. The number of aromatic nitrogens is 1. The molecule has 6 heteroatoms. The van der Waals surface area contributed by atoms with E-state index < -0.39 is 0 Å². The lowest BCUT2D eigenvalue weighted by atomic mass is 9.80. The van der Waals surface area contributed by atoms with Crippen molar-refractivity contribution in [2.24, 2.45) is 0 Å². The van der Waals surface area contributed by atoms with Crippen molar-refractivity contribution in [1.82, 2.24) is 10.5 Å². The molecule has 0 spiro atoms. The molecule has 30 heavy (non-hydrogen) atoms. The number of benzene rings is 2. The first-order valence-electron chi connectivity index (χ1n) is 10.5. The Morgan fingerprint density at radius 3 is 2.73 bits per heavy atom. The van der Waals surface area contributed by atoms with Gasteiger partial charge in [0.2, 0.25) is 12.6 Å². The van der Waals surface area contributed by atoms with Crippen LogP contribution in [0, 0.1) is 0 Å². The van der Waals surface area contributed by atoms with Gasteiger partial charge in [0.1, 0.15) is 0 Å². The summed E-state index contributed by atoms with van der Waals surface area (Å²) in [5.41, 5.74) is 3.02. The summed E-state index contributed by atoms with van der Waals surface area (Å²) in [6.07, 6.45) is 4.93. The summed E-state index contributed by atoms with van der Waals surface area (Å²) in [5.74, 6) is 1.87. The molecule has 0 saturated heterocycles. The summed E-state index contributed by atoms with van der Waals surface area (Å²) in [7, 11) is 0. The van der Waals surface area contributed by atoms with Gasteiger partial charge >= 0.3 is 0 Å². The molecule has 3 aromatic rings. The fourth-order valence-corrected chi connectivity index (χ4v) is 4.40. The quantitative estimate of drug-likeness (QED) is 0.680. The van der Waals surface area contributed by atoms with Crippen LogP contribution in [-0.2, 0) is 6.42 Å². The normalized spacial score (nSPS) is 20.1. The molecule has 1 amide bonds. The minimum absolute atomic E-state index is 0.107. The van der Waals surface area contributed by atoms with Crippen molar-refractivity contribution in [3.63, 3.8) is 0 Å². The van der Waals surface area contributed by atoms with Crippen molar-refractivity contribution in [2.45, 2.75) is 44.1 Å². The zero-order valence-corrected chi connectivity index (χ0v) is 16.7. The van der Waals surface area contributed by atoms with E-state index in [4.69, 9.17) is 14.0 Å². The summed E-state index contributed by atoms with van der Waals surface area (Å²) < 4.78 is 16.1. The van der Waals surface area contributed by atoms with Crippen LogP contribution in [0.4, 0.5) is 0 Å². The topological polar surface area (TPSA) is 73.6 Å². The second-order valence-corrected chi connectivity index (χ2v) is 7.93. The van der Waals surface area contributed by atoms with E-state index in [1.54, 1.807) is 6.07 Å². The Kier molecular flexibility index (Phi) is 5.13. The summed E-state index contributed by atoms with van der Waals surface area (Å²) >= 11 is 0. The van der Waals surface area contributed by atoms with E-state index in [0.717, 1.165) is 36.3 Å². The molecule has 2 aromatic carbocycles. The van der Waals surface area contributed by atoms with E-state index in [1.165, 1.54) is 12.0 Å². The average molecular weight is 404 g/mol. The summed E-state index contributed by atoms with van der Waals surface area (Å²) in [6, 6.07) is 18.0. The number of hydrogen-bond acceptors (Lipinski definition) is 5. The van der Waals surface area contributed by atoms with Crippen molar-refractivity contribution in [3.8, 4) is 11.5 Å². The maximum Gasteiger partial charge on any atom is 0.290 e. The molecule has 1 saturated carbocycles. The number of nitrogens with zero attached hydrogens (tertiary/aromatic N) is 1. The van der Waals surface area contributed by atoms with Crippen molar-refractivity contribution in [1.29, 1.82) is 0 Å². The predicted octanol–water partition coefficient (Wildman–Crippen LogP) is 4.45. The number of hydrogen-bond donors (Lipinski definition) is 1. The average Bonchev–Trinajstić information content (AvgIpc) is 3.44. The van der Waals surface area contributed by atoms with Crippen LogP contribution in [0.1, 0.15) is 59.0 Å². The summed E-state index contributed by atoms with van der Waals surface area (Å²) in [5, 5.41) is 7.27. The highest BCUT2D eigenvalue weighted by Gasteiger charge is 2.29. The van der Waals surface area contributed by atoms with E-state index in [2.05, 4.69) is 34.7 Å². The molecule has 2 atom stereocenters. The van der Waals surface area contributed by atoms with Gasteiger partial charge in [0.25, 0.3) is 5.91 Å². The number of rotatable bonds is 5. The van der Waals surface area contributed by atoms with Gasteiger partial charge in [0, 0.05) is 24.4 Å². The highest BCUT2D eigenvalue weighted by molar-refractivity contribution is 5.91. The number of fused-ring (bicyclic) bond motifs is 1. The molecule has 5 rings (SSSR count). The maximum atomic E-state index is 12.8. The predicted molar refractivity (Wildman–Crippen MR) is 111 cm³/mol. The van der Waals surface area contributed by atoms with Gasteiger partial charge in [-0.2, -0.15) is 0 Å². The monoisotopic (exact) mass is 404 g/mol. The van der Waals surface area contributed by atoms with E-state index in [-0.39, 0.29) is 24.5 Å². The molecular formula is C24H24N2O4. The van der Waals surface area contributed by atoms with Gasteiger partial charge in [0.05, 0.1) is 5.69 Å². The molecule has 1 aliphatic carbocycles. The molecule has 0 unspecified atom stereocenters. The molecule has 1 aliphatic heterocycles. The van der Waals surface area contributed by atoms with Crippen molar-refractivity contribution < 1.29 is 18.8 Å². The lowest BCUT2D eigenvalue weighted by Crippen LogP contribution is -2.40. The van der Waals surface area contributed by atoms with Gasteiger partial charge in [-0.05, 0) is 36.1 Å². The van der Waals surface area contributed by atoms with E-state index in [0.29, 0.717) is 18.0 Å². The molecule has 154 valence electrons. The second-order valence-electron chi connectivity index (χ2n) is 7.93. The van der Waals surface area contributed by atoms with E-state index in [9.17, 15) is 4.79 Å². The van der Waals surface area contributed by atoms with Crippen LogP contribution in [0.3, 0.4) is 0 Å². The van der Waals surface area contributed by atoms with Gasteiger partial charge in [-0.1, -0.05) is 54.4 Å². The molecule has 1 aromatic heterocycles. The number of carbonyl (C=O) groups excluding carboxylic acids is 1. The summed E-state index contributed by atoms with van der Waals surface area (Å²) in [6.45, 7) is 0.248. The lowest BCUT2D eigenvalue weighted by Gasteiger charge is -2.32. The van der Waals surface area contributed by atoms with Gasteiger partial charge in [-0.25, -0.2) is 0 Å². The molecule has 0 bridgehead atoms. The standard InChI is InChI=1S/C24H24N2O4/c27-24(25-20-9-5-4-8-19(20)17-6-2-1-3-7-17)23-14-18(26-30-23)12-16-10-11-21-22(13-16)29-15-28-21/h1-3,6-7,10-11,13-14,19-20H,4-5,8-9,12,15H2,(H,25,27)/t19-,20+/m0/s1. The van der Waals surface area contributed by atoms with Crippen molar-refractivity contribution in [3.05, 3.63) is 77.2 Å². The smallest absolute Gasteiger partial charge is 0.290 e. The fraction of sp³-hybridized carbons (Fsp3) is 0.333. The van der Waals surface area contributed by atoms with Crippen LogP contribution in [0.25, 0.3) is 0 Å². The zero-order valence-electron chi connectivity index (χ0n) is 16.7. The number of carbonyl (C=O) groups is 1. The fourth-order valence-electron chi connectivity index (χ4n) is 4.40. The lowest BCUT2D eigenvalue weighted by molar-refractivity contribution is 0.0883. The van der Waals surface area contributed by atoms with E-state index in [1.807, 2.05) is 24.3 Å².